The first-order chi connectivity index (χ1) is 10.3. The Bertz CT molecular complexity index is 417. The minimum Gasteiger partial charge on any atom is -0.383 e. The highest BCUT2D eigenvalue weighted by Gasteiger charge is 2.18. The molecule has 2 rings (SSSR count). The van der Waals surface area contributed by atoms with Gasteiger partial charge in [-0.25, -0.2) is 0 Å². The summed E-state index contributed by atoms with van der Waals surface area (Å²) in [7, 11) is 1.64. The number of methoxy groups -OCH3 is 1. The number of carbonyl (C=O) groups excluding carboxylic acids is 1. The molecule has 1 aromatic carbocycles. The summed E-state index contributed by atoms with van der Waals surface area (Å²) in [6.45, 7) is 6.56. The molecule has 0 aromatic heterocycles. The Morgan fingerprint density at radius 1 is 1.14 bits per heavy atom. The lowest BCUT2D eigenvalue weighted by atomic mass is 10.2. The van der Waals surface area contributed by atoms with Gasteiger partial charge in [-0.2, -0.15) is 0 Å². The van der Waals surface area contributed by atoms with Crippen molar-refractivity contribution in [2.24, 2.45) is 0 Å². The van der Waals surface area contributed by atoms with Gasteiger partial charge in [-0.3, -0.25) is 14.6 Å². The molecule has 1 aliphatic rings. The zero-order valence-electron chi connectivity index (χ0n) is 12.8. The number of ether oxygens (including phenoxy) is 1. The van der Waals surface area contributed by atoms with Crippen molar-refractivity contribution >= 4 is 5.91 Å². The largest absolute Gasteiger partial charge is 0.383 e. The van der Waals surface area contributed by atoms with Crippen molar-refractivity contribution in [1.29, 1.82) is 0 Å². The molecule has 116 valence electrons. The predicted molar refractivity (Wildman–Crippen MR) is 83.0 cm³/mol. The van der Waals surface area contributed by atoms with Crippen LogP contribution < -0.4 is 5.32 Å². The van der Waals surface area contributed by atoms with E-state index in [4.69, 9.17) is 4.74 Å². The molecule has 1 aromatic rings. The van der Waals surface area contributed by atoms with Gasteiger partial charge in [0.1, 0.15) is 0 Å². The number of rotatable bonds is 7. The van der Waals surface area contributed by atoms with Crippen LogP contribution in [0.3, 0.4) is 0 Å². The Kier molecular flexibility index (Phi) is 6.66. The minimum atomic E-state index is 0.0866. The molecule has 5 nitrogen and oxygen atoms in total. The van der Waals surface area contributed by atoms with Crippen molar-refractivity contribution in [2.75, 3.05) is 53.0 Å². The number of nitrogens with zero attached hydrogens (tertiary/aromatic N) is 2. The fourth-order valence-corrected chi connectivity index (χ4v) is 2.50. The van der Waals surface area contributed by atoms with Crippen LogP contribution in [0, 0.1) is 0 Å². The first kappa shape index (κ1) is 15.9. The van der Waals surface area contributed by atoms with Crippen LogP contribution in [0.25, 0.3) is 0 Å². The molecular weight excluding hydrogens is 266 g/mol. The molecule has 0 saturated carbocycles. The maximum atomic E-state index is 11.7. The summed E-state index contributed by atoms with van der Waals surface area (Å²) >= 11 is 0. The SMILES string of the molecule is COCCNC(=O)CN1CCN(Cc2ccccc2)CC1. The van der Waals surface area contributed by atoms with Gasteiger partial charge in [0, 0.05) is 46.4 Å². The molecule has 1 fully saturated rings. The monoisotopic (exact) mass is 291 g/mol. The summed E-state index contributed by atoms with van der Waals surface area (Å²) in [6.07, 6.45) is 0. The van der Waals surface area contributed by atoms with E-state index < -0.39 is 0 Å². The molecule has 1 N–H and O–H groups in total. The highest BCUT2D eigenvalue weighted by molar-refractivity contribution is 5.77. The zero-order chi connectivity index (χ0) is 14.9. The van der Waals surface area contributed by atoms with Crippen LogP contribution in [0.4, 0.5) is 0 Å². The van der Waals surface area contributed by atoms with Crippen LogP contribution in [0.1, 0.15) is 5.56 Å². The van der Waals surface area contributed by atoms with E-state index in [2.05, 4.69) is 39.4 Å². The third-order valence-corrected chi connectivity index (χ3v) is 3.71. The quantitative estimate of drug-likeness (QED) is 0.746. The lowest BCUT2D eigenvalue weighted by molar-refractivity contribution is -0.122. The lowest BCUT2D eigenvalue weighted by Gasteiger charge is -2.34. The maximum absolute atomic E-state index is 11.7. The van der Waals surface area contributed by atoms with Gasteiger partial charge in [-0.15, -0.1) is 0 Å². The fourth-order valence-electron chi connectivity index (χ4n) is 2.50. The van der Waals surface area contributed by atoms with E-state index in [1.807, 2.05) is 6.07 Å². The van der Waals surface area contributed by atoms with Gasteiger partial charge < -0.3 is 10.1 Å². The van der Waals surface area contributed by atoms with E-state index in [0.717, 1.165) is 32.7 Å². The lowest BCUT2D eigenvalue weighted by Crippen LogP contribution is -2.49. The standard InChI is InChI=1S/C16H25N3O2/c1-21-12-7-17-16(20)14-19-10-8-18(9-11-19)13-15-5-3-2-4-6-15/h2-6H,7-14H2,1H3,(H,17,20). The van der Waals surface area contributed by atoms with Crippen LogP contribution in [-0.2, 0) is 16.1 Å². The second-order valence-electron chi connectivity index (χ2n) is 5.38. The predicted octanol–water partition coefficient (Wildman–Crippen LogP) is 0.567. The Hall–Kier alpha value is -1.43. The molecule has 1 aliphatic heterocycles. The van der Waals surface area contributed by atoms with Crippen molar-refractivity contribution in [2.45, 2.75) is 6.54 Å². The third-order valence-electron chi connectivity index (χ3n) is 3.71. The molecule has 0 bridgehead atoms. The molecule has 0 spiro atoms. The average Bonchev–Trinajstić information content (AvgIpc) is 2.51. The molecular formula is C16H25N3O2. The van der Waals surface area contributed by atoms with Gasteiger partial charge in [-0.1, -0.05) is 30.3 Å². The topological polar surface area (TPSA) is 44.8 Å². The summed E-state index contributed by atoms with van der Waals surface area (Å²) in [6, 6.07) is 10.5. The molecule has 5 heteroatoms. The molecule has 21 heavy (non-hydrogen) atoms. The Morgan fingerprint density at radius 2 is 1.81 bits per heavy atom. The average molecular weight is 291 g/mol. The molecule has 1 saturated heterocycles. The Labute approximate surface area is 126 Å². The summed E-state index contributed by atoms with van der Waals surface area (Å²) < 4.78 is 4.92. The number of piperazine rings is 1. The second-order valence-corrected chi connectivity index (χ2v) is 5.38. The van der Waals surface area contributed by atoms with Gasteiger partial charge in [0.15, 0.2) is 0 Å². The van der Waals surface area contributed by atoms with E-state index >= 15 is 0 Å². The van der Waals surface area contributed by atoms with Gasteiger partial charge in [0.05, 0.1) is 13.2 Å². The van der Waals surface area contributed by atoms with E-state index in [-0.39, 0.29) is 5.91 Å². The van der Waals surface area contributed by atoms with E-state index in [0.29, 0.717) is 19.7 Å². The third kappa shape index (κ3) is 5.83. The Morgan fingerprint density at radius 3 is 2.48 bits per heavy atom. The number of amides is 1. The highest BCUT2D eigenvalue weighted by atomic mass is 16.5. The van der Waals surface area contributed by atoms with Crippen LogP contribution in [0.2, 0.25) is 0 Å². The number of hydrogen-bond donors (Lipinski definition) is 1. The van der Waals surface area contributed by atoms with E-state index in [9.17, 15) is 4.79 Å². The summed E-state index contributed by atoms with van der Waals surface area (Å²) in [5.74, 6) is 0.0866. The van der Waals surface area contributed by atoms with Crippen LogP contribution in [0.15, 0.2) is 30.3 Å². The normalized spacial score (nSPS) is 16.8. The first-order valence-corrected chi connectivity index (χ1v) is 7.52. The fraction of sp³-hybridized carbons (Fsp3) is 0.562. The maximum Gasteiger partial charge on any atom is 0.234 e. The van der Waals surface area contributed by atoms with E-state index in [1.165, 1.54) is 5.56 Å². The highest BCUT2D eigenvalue weighted by Crippen LogP contribution is 2.08. The molecule has 0 unspecified atom stereocenters. The number of hydrogen-bond acceptors (Lipinski definition) is 4. The van der Waals surface area contributed by atoms with Crippen molar-refractivity contribution in [3.8, 4) is 0 Å². The Balaban J connectivity index is 1.65. The van der Waals surface area contributed by atoms with Crippen molar-refractivity contribution in [3.05, 3.63) is 35.9 Å². The van der Waals surface area contributed by atoms with Gasteiger partial charge >= 0.3 is 0 Å². The van der Waals surface area contributed by atoms with Crippen molar-refractivity contribution in [1.82, 2.24) is 15.1 Å². The van der Waals surface area contributed by atoms with Crippen LogP contribution in [0.5, 0.6) is 0 Å². The van der Waals surface area contributed by atoms with Crippen molar-refractivity contribution < 1.29 is 9.53 Å². The van der Waals surface area contributed by atoms with Gasteiger partial charge in [0.25, 0.3) is 0 Å². The molecule has 1 heterocycles. The minimum absolute atomic E-state index is 0.0866. The van der Waals surface area contributed by atoms with Crippen LogP contribution >= 0.6 is 0 Å². The van der Waals surface area contributed by atoms with E-state index in [1.54, 1.807) is 7.11 Å². The van der Waals surface area contributed by atoms with Gasteiger partial charge in [0.2, 0.25) is 5.91 Å². The molecule has 0 aliphatic carbocycles. The molecule has 0 radical (unpaired) electrons. The number of carbonyl (C=O) groups is 1. The first-order valence-electron chi connectivity index (χ1n) is 7.52. The molecule has 1 amide bonds. The van der Waals surface area contributed by atoms with Gasteiger partial charge in [-0.05, 0) is 5.56 Å². The zero-order valence-corrected chi connectivity index (χ0v) is 12.8. The number of benzene rings is 1. The smallest absolute Gasteiger partial charge is 0.234 e. The molecule has 0 atom stereocenters. The van der Waals surface area contributed by atoms with Crippen molar-refractivity contribution in [3.63, 3.8) is 0 Å². The second kappa shape index (κ2) is 8.77. The summed E-state index contributed by atoms with van der Waals surface area (Å²) in [4.78, 5) is 16.4. The van der Waals surface area contributed by atoms with Crippen LogP contribution in [-0.4, -0.2) is 68.7 Å². The summed E-state index contributed by atoms with van der Waals surface area (Å²) in [5, 5.41) is 2.86. The summed E-state index contributed by atoms with van der Waals surface area (Å²) in [5.41, 5.74) is 1.35. The number of nitrogens with one attached hydrogen (secondary N) is 1.